The van der Waals surface area contributed by atoms with Crippen molar-refractivity contribution in [2.75, 3.05) is 6.54 Å². The summed E-state index contributed by atoms with van der Waals surface area (Å²) in [7, 11) is 0. The van der Waals surface area contributed by atoms with Gasteiger partial charge < -0.3 is 10.4 Å². The Hall–Kier alpha value is -1.66. The summed E-state index contributed by atoms with van der Waals surface area (Å²) in [4.78, 5) is 14.0. The number of amides is 1. The van der Waals surface area contributed by atoms with Gasteiger partial charge in [0.1, 0.15) is 6.10 Å². The van der Waals surface area contributed by atoms with E-state index in [4.69, 9.17) is 11.6 Å². The molecule has 6 heteroatoms. The Labute approximate surface area is 147 Å². The maximum atomic E-state index is 12.1. The van der Waals surface area contributed by atoms with Gasteiger partial charge in [-0.05, 0) is 41.1 Å². The standard InChI is InChI=1S/C17H14ClNO2S2/c18-13-4-2-1-3-12(13)17(21)19-9-14(20)16-6-5-15(23-16)11-7-8-22-10-11/h1-8,10,14,20H,9H2,(H,19,21). The molecule has 3 nitrogen and oxygen atoms in total. The maximum absolute atomic E-state index is 12.1. The van der Waals surface area contributed by atoms with Gasteiger partial charge >= 0.3 is 0 Å². The SMILES string of the molecule is O=C(NCC(O)c1ccc(-c2ccsc2)s1)c1ccccc1Cl. The molecule has 0 bridgehead atoms. The number of hydrogen-bond acceptors (Lipinski definition) is 4. The van der Waals surface area contributed by atoms with E-state index in [9.17, 15) is 9.90 Å². The van der Waals surface area contributed by atoms with Crippen LogP contribution in [0.5, 0.6) is 0 Å². The minimum Gasteiger partial charge on any atom is -0.386 e. The van der Waals surface area contributed by atoms with Crippen molar-refractivity contribution in [3.05, 3.63) is 68.7 Å². The molecule has 0 aliphatic rings. The Morgan fingerprint density at radius 3 is 2.78 bits per heavy atom. The van der Waals surface area contributed by atoms with E-state index in [1.165, 1.54) is 11.3 Å². The zero-order valence-corrected chi connectivity index (χ0v) is 14.4. The highest BCUT2D eigenvalue weighted by molar-refractivity contribution is 7.16. The van der Waals surface area contributed by atoms with Crippen LogP contribution in [-0.2, 0) is 0 Å². The Kier molecular flexibility index (Phi) is 5.13. The van der Waals surface area contributed by atoms with Crippen LogP contribution in [0.4, 0.5) is 0 Å². The lowest BCUT2D eigenvalue weighted by Crippen LogP contribution is -2.28. The number of carbonyl (C=O) groups is 1. The van der Waals surface area contributed by atoms with Gasteiger partial charge in [0.25, 0.3) is 5.91 Å². The summed E-state index contributed by atoms with van der Waals surface area (Å²) in [6, 6.07) is 12.8. The summed E-state index contributed by atoms with van der Waals surface area (Å²) in [5.74, 6) is -0.288. The van der Waals surface area contributed by atoms with Gasteiger partial charge in [-0.25, -0.2) is 0 Å². The molecule has 0 spiro atoms. The first-order chi connectivity index (χ1) is 11.1. The van der Waals surface area contributed by atoms with Crippen LogP contribution in [0.1, 0.15) is 21.3 Å². The van der Waals surface area contributed by atoms with Crippen LogP contribution >= 0.6 is 34.3 Å². The summed E-state index contributed by atoms with van der Waals surface area (Å²) >= 11 is 9.16. The molecular weight excluding hydrogens is 350 g/mol. The first kappa shape index (κ1) is 16.2. The highest BCUT2D eigenvalue weighted by atomic mass is 35.5. The summed E-state index contributed by atoms with van der Waals surface area (Å²) in [6.45, 7) is 0.146. The fraction of sp³-hybridized carbons (Fsp3) is 0.118. The Morgan fingerprint density at radius 1 is 1.22 bits per heavy atom. The van der Waals surface area contributed by atoms with Crippen molar-refractivity contribution in [3.8, 4) is 10.4 Å². The lowest BCUT2D eigenvalue weighted by molar-refractivity contribution is 0.0918. The molecule has 0 aliphatic heterocycles. The van der Waals surface area contributed by atoms with Crippen LogP contribution in [0.3, 0.4) is 0 Å². The largest absolute Gasteiger partial charge is 0.386 e. The third kappa shape index (κ3) is 3.82. The van der Waals surface area contributed by atoms with E-state index >= 15 is 0 Å². The van der Waals surface area contributed by atoms with Crippen molar-refractivity contribution in [1.29, 1.82) is 0 Å². The van der Waals surface area contributed by atoms with Crippen LogP contribution < -0.4 is 5.32 Å². The average molecular weight is 364 g/mol. The van der Waals surface area contributed by atoms with E-state index in [-0.39, 0.29) is 12.5 Å². The van der Waals surface area contributed by atoms with E-state index in [2.05, 4.69) is 10.7 Å². The van der Waals surface area contributed by atoms with Crippen LogP contribution in [-0.4, -0.2) is 17.6 Å². The van der Waals surface area contributed by atoms with Crippen molar-refractivity contribution in [2.24, 2.45) is 0 Å². The highest BCUT2D eigenvalue weighted by Crippen LogP contribution is 2.32. The molecule has 2 aromatic heterocycles. The summed E-state index contributed by atoms with van der Waals surface area (Å²) in [6.07, 6.45) is -0.737. The second-order valence-electron chi connectivity index (χ2n) is 4.92. The fourth-order valence-electron chi connectivity index (χ4n) is 2.12. The van der Waals surface area contributed by atoms with Crippen molar-refractivity contribution < 1.29 is 9.90 Å². The van der Waals surface area contributed by atoms with E-state index in [1.54, 1.807) is 35.6 Å². The number of benzene rings is 1. The monoisotopic (exact) mass is 363 g/mol. The molecule has 1 unspecified atom stereocenters. The quantitative estimate of drug-likeness (QED) is 0.696. The van der Waals surface area contributed by atoms with Gasteiger partial charge in [-0.3, -0.25) is 4.79 Å². The molecular formula is C17H14ClNO2S2. The number of carbonyl (C=O) groups excluding carboxylic acids is 1. The molecule has 2 N–H and O–H groups in total. The summed E-state index contributed by atoms with van der Waals surface area (Å²) in [5.41, 5.74) is 1.56. The van der Waals surface area contributed by atoms with Gasteiger partial charge in [-0.2, -0.15) is 11.3 Å². The molecule has 23 heavy (non-hydrogen) atoms. The first-order valence-electron chi connectivity index (χ1n) is 6.98. The third-order valence-electron chi connectivity index (χ3n) is 3.34. The van der Waals surface area contributed by atoms with Gasteiger partial charge in [-0.15, -0.1) is 11.3 Å². The van der Waals surface area contributed by atoms with Crippen molar-refractivity contribution >= 4 is 40.2 Å². The first-order valence-corrected chi connectivity index (χ1v) is 9.12. The second-order valence-corrected chi connectivity index (χ2v) is 7.22. The van der Waals surface area contributed by atoms with Gasteiger partial charge in [0.15, 0.2) is 0 Å². The topological polar surface area (TPSA) is 49.3 Å². The molecule has 0 fully saturated rings. The molecule has 0 saturated carbocycles. The number of thiophene rings is 2. The lowest BCUT2D eigenvalue weighted by Gasteiger charge is -2.11. The number of rotatable bonds is 5. The van der Waals surface area contributed by atoms with E-state index < -0.39 is 6.10 Å². The zero-order valence-electron chi connectivity index (χ0n) is 12.0. The Morgan fingerprint density at radius 2 is 2.04 bits per heavy atom. The normalized spacial score (nSPS) is 12.1. The van der Waals surface area contributed by atoms with Gasteiger partial charge in [0, 0.05) is 21.9 Å². The molecule has 0 aliphatic carbocycles. The lowest BCUT2D eigenvalue weighted by atomic mass is 10.2. The van der Waals surface area contributed by atoms with E-state index in [1.807, 2.05) is 23.6 Å². The Bertz CT molecular complexity index is 799. The van der Waals surface area contributed by atoms with Crippen LogP contribution in [0.25, 0.3) is 10.4 Å². The molecule has 118 valence electrons. The Balaban J connectivity index is 1.62. The second kappa shape index (κ2) is 7.27. The summed E-state index contributed by atoms with van der Waals surface area (Å²) < 4.78 is 0. The van der Waals surface area contributed by atoms with Gasteiger partial charge in [-0.1, -0.05) is 23.7 Å². The molecule has 0 radical (unpaired) electrons. The van der Waals surface area contributed by atoms with E-state index in [0.717, 1.165) is 15.3 Å². The number of halogens is 1. The minimum atomic E-state index is -0.737. The van der Waals surface area contributed by atoms with Gasteiger partial charge in [0.05, 0.1) is 10.6 Å². The van der Waals surface area contributed by atoms with Crippen LogP contribution in [0.15, 0.2) is 53.2 Å². The van der Waals surface area contributed by atoms with Gasteiger partial charge in [0.2, 0.25) is 0 Å². The number of aliphatic hydroxyl groups is 1. The molecule has 3 rings (SSSR count). The number of aliphatic hydroxyl groups excluding tert-OH is 1. The average Bonchev–Trinajstić information content (AvgIpc) is 3.23. The molecule has 0 saturated heterocycles. The van der Waals surface area contributed by atoms with E-state index in [0.29, 0.717) is 10.6 Å². The molecule has 1 atom stereocenters. The highest BCUT2D eigenvalue weighted by Gasteiger charge is 2.15. The molecule has 1 amide bonds. The van der Waals surface area contributed by atoms with Crippen molar-refractivity contribution in [2.45, 2.75) is 6.10 Å². The molecule has 1 aromatic carbocycles. The summed E-state index contributed by atoms with van der Waals surface area (Å²) in [5, 5.41) is 17.5. The minimum absolute atomic E-state index is 0.146. The number of hydrogen-bond donors (Lipinski definition) is 2. The van der Waals surface area contributed by atoms with Crippen LogP contribution in [0.2, 0.25) is 5.02 Å². The maximum Gasteiger partial charge on any atom is 0.252 e. The predicted molar refractivity (Wildman–Crippen MR) is 96.4 cm³/mol. The third-order valence-corrected chi connectivity index (χ3v) is 5.58. The van der Waals surface area contributed by atoms with Crippen molar-refractivity contribution in [3.63, 3.8) is 0 Å². The zero-order chi connectivity index (χ0) is 16.2. The van der Waals surface area contributed by atoms with Crippen LogP contribution in [0, 0.1) is 0 Å². The molecule has 2 heterocycles. The fourth-order valence-corrected chi connectivity index (χ4v) is 4.06. The number of nitrogens with one attached hydrogen (secondary N) is 1. The predicted octanol–water partition coefficient (Wildman–Crippen LogP) is 4.59. The molecule has 3 aromatic rings. The smallest absolute Gasteiger partial charge is 0.252 e. The van der Waals surface area contributed by atoms with Crippen molar-refractivity contribution in [1.82, 2.24) is 5.32 Å².